The molecule has 2 fully saturated rings. The van der Waals surface area contributed by atoms with Crippen molar-refractivity contribution in [2.24, 2.45) is 5.92 Å². The molecule has 41 heavy (non-hydrogen) atoms. The van der Waals surface area contributed by atoms with Crippen LogP contribution in [0.15, 0.2) is 36.7 Å². The Labute approximate surface area is 228 Å². The molecule has 0 unspecified atom stereocenters. The zero-order valence-corrected chi connectivity index (χ0v) is 21.3. The van der Waals surface area contributed by atoms with Crippen molar-refractivity contribution < 1.29 is 36.3 Å². The van der Waals surface area contributed by atoms with Gasteiger partial charge in [-0.1, -0.05) is 6.07 Å². The smallest absolute Gasteiger partial charge is 0.416 e. The number of alkyl halides is 5. The Morgan fingerprint density at radius 3 is 2.71 bits per heavy atom. The van der Waals surface area contributed by atoms with Crippen LogP contribution in [-0.2, 0) is 22.3 Å². The number of fused-ring (bicyclic) bond motifs is 4. The van der Waals surface area contributed by atoms with E-state index in [4.69, 9.17) is 5.73 Å². The normalized spacial score (nSPS) is 20.1. The molecule has 4 aromatic rings. The van der Waals surface area contributed by atoms with Gasteiger partial charge in [0.05, 0.1) is 16.5 Å². The predicted octanol–water partition coefficient (Wildman–Crippen LogP) is 4.12. The van der Waals surface area contributed by atoms with Crippen molar-refractivity contribution >= 4 is 45.4 Å². The van der Waals surface area contributed by atoms with Gasteiger partial charge in [-0.05, 0) is 49.4 Å². The molecule has 3 atom stereocenters. The van der Waals surface area contributed by atoms with Crippen LogP contribution in [0.5, 0.6) is 5.88 Å². The van der Waals surface area contributed by atoms with Gasteiger partial charge in [-0.3, -0.25) is 9.59 Å². The molecule has 0 bridgehead atoms. The second-order valence-corrected chi connectivity index (χ2v) is 10.1. The minimum absolute atomic E-state index is 0.0215. The van der Waals surface area contributed by atoms with Gasteiger partial charge in [0.25, 0.3) is 0 Å². The maximum atomic E-state index is 13.8. The van der Waals surface area contributed by atoms with Crippen LogP contribution in [0.1, 0.15) is 24.0 Å². The average molecular weight is 575 g/mol. The average Bonchev–Trinajstić information content (AvgIpc) is 3.42. The standard InChI is InChI=1S/C26H22F5N7O3/c1-11-5-13(26(29,30)31)8-14-20-22(32)33-10-34-23(20)37(21(11)14)9-19(39)38-15-6-12(15)7-16(38)24(40)36-17-3-2-4-18(35-17)41-25(27)28/h2-5,8,10,12,15-16,25H,6-7,9H2,1H3,(H2,32,33,34)(H,35,36,40)/t12-,15-,16+/m1/s1. The molecule has 15 heteroatoms. The maximum Gasteiger partial charge on any atom is 0.416 e. The summed E-state index contributed by atoms with van der Waals surface area (Å²) in [5, 5.41) is 2.92. The molecule has 1 aromatic carbocycles. The third-order valence-electron chi connectivity index (χ3n) is 7.45. The number of piperidine rings is 1. The van der Waals surface area contributed by atoms with E-state index in [0.29, 0.717) is 18.4 Å². The third-order valence-corrected chi connectivity index (χ3v) is 7.45. The Hall–Kier alpha value is -4.56. The zero-order chi connectivity index (χ0) is 29.2. The van der Waals surface area contributed by atoms with E-state index in [-0.39, 0.29) is 58.0 Å². The fourth-order valence-electron chi connectivity index (χ4n) is 5.72. The Morgan fingerprint density at radius 1 is 1.20 bits per heavy atom. The van der Waals surface area contributed by atoms with Crippen LogP contribution < -0.4 is 15.8 Å². The van der Waals surface area contributed by atoms with E-state index in [2.05, 4.69) is 25.0 Å². The predicted molar refractivity (Wildman–Crippen MR) is 136 cm³/mol. The number of anilines is 2. The number of amides is 2. The highest BCUT2D eigenvalue weighted by atomic mass is 19.4. The van der Waals surface area contributed by atoms with E-state index in [1.54, 1.807) is 0 Å². The second-order valence-electron chi connectivity index (χ2n) is 10.1. The summed E-state index contributed by atoms with van der Waals surface area (Å²) in [6, 6.07) is 4.92. The molecule has 0 radical (unpaired) electrons. The van der Waals surface area contributed by atoms with Crippen LogP contribution in [0, 0.1) is 12.8 Å². The van der Waals surface area contributed by atoms with Crippen LogP contribution in [-0.4, -0.2) is 54.9 Å². The molecular formula is C26H22F5N7O3. The van der Waals surface area contributed by atoms with Crippen LogP contribution in [0.2, 0.25) is 0 Å². The number of benzene rings is 1. The number of nitrogens with zero attached hydrogens (tertiary/aromatic N) is 5. The minimum Gasteiger partial charge on any atom is -0.417 e. The van der Waals surface area contributed by atoms with Gasteiger partial charge in [-0.2, -0.15) is 26.9 Å². The first kappa shape index (κ1) is 26.7. The van der Waals surface area contributed by atoms with E-state index < -0.39 is 36.2 Å². The number of ether oxygens (including phenoxy) is 1. The first-order valence-electron chi connectivity index (χ1n) is 12.6. The van der Waals surface area contributed by atoms with Crippen molar-refractivity contribution in [2.45, 2.75) is 51.2 Å². The van der Waals surface area contributed by atoms with Crippen LogP contribution >= 0.6 is 0 Å². The zero-order valence-electron chi connectivity index (χ0n) is 21.3. The first-order valence-corrected chi connectivity index (χ1v) is 12.6. The molecule has 6 rings (SSSR count). The molecule has 3 N–H and O–H groups in total. The molecule has 1 saturated heterocycles. The van der Waals surface area contributed by atoms with Crippen molar-refractivity contribution in [1.29, 1.82) is 0 Å². The quantitative estimate of drug-likeness (QED) is 0.331. The SMILES string of the molecule is Cc1cc(C(F)(F)F)cc2c3c(N)ncnc3n(CC(=O)N3[C@@H]4C[C@@H]4C[C@H]3C(=O)Nc3cccc(OC(F)F)n3)c12. The number of nitrogens with two attached hydrogens (primary N) is 1. The van der Waals surface area contributed by atoms with Gasteiger partial charge < -0.3 is 25.3 Å². The summed E-state index contributed by atoms with van der Waals surface area (Å²) in [5.41, 5.74) is 5.98. The molecule has 10 nitrogen and oxygen atoms in total. The highest BCUT2D eigenvalue weighted by Crippen LogP contribution is 2.48. The van der Waals surface area contributed by atoms with Crippen molar-refractivity contribution in [2.75, 3.05) is 11.1 Å². The second kappa shape index (κ2) is 9.52. The van der Waals surface area contributed by atoms with E-state index >= 15 is 0 Å². The summed E-state index contributed by atoms with van der Waals surface area (Å²) in [6.45, 7) is -1.90. The molecule has 2 amide bonds. The number of rotatable bonds is 6. The first-order chi connectivity index (χ1) is 19.4. The summed E-state index contributed by atoms with van der Waals surface area (Å²) in [6.07, 6.45) is -2.34. The van der Waals surface area contributed by atoms with Gasteiger partial charge in [-0.15, -0.1) is 0 Å². The van der Waals surface area contributed by atoms with E-state index in [9.17, 15) is 31.5 Å². The van der Waals surface area contributed by atoms with Crippen LogP contribution in [0.25, 0.3) is 21.9 Å². The summed E-state index contributed by atoms with van der Waals surface area (Å²) in [4.78, 5) is 40.4. The largest absolute Gasteiger partial charge is 0.417 e. The lowest BCUT2D eigenvalue weighted by Crippen LogP contribution is -2.46. The van der Waals surface area contributed by atoms with Crippen molar-refractivity contribution in [3.63, 3.8) is 0 Å². The number of carbonyl (C=O) groups is 2. The fourth-order valence-corrected chi connectivity index (χ4v) is 5.72. The van der Waals surface area contributed by atoms with Gasteiger partial charge in [0.15, 0.2) is 0 Å². The number of carbonyl (C=O) groups excluding carboxylic acids is 2. The molecule has 2 aliphatic rings. The van der Waals surface area contributed by atoms with Crippen molar-refractivity contribution in [1.82, 2.24) is 24.4 Å². The number of likely N-dealkylation sites (tertiary alicyclic amines) is 1. The maximum absolute atomic E-state index is 13.8. The molecular weight excluding hydrogens is 553 g/mol. The van der Waals surface area contributed by atoms with Gasteiger partial charge in [-0.25, -0.2) is 9.97 Å². The van der Waals surface area contributed by atoms with E-state index in [1.807, 2.05) is 0 Å². The Bertz CT molecular complexity index is 1710. The number of aryl methyl sites for hydroxylation is 1. The highest BCUT2D eigenvalue weighted by Gasteiger charge is 2.56. The monoisotopic (exact) mass is 575 g/mol. The highest BCUT2D eigenvalue weighted by molar-refractivity contribution is 6.13. The number of hydrogen-bond acceptors (Lipinski definition) is 7. The van der Waals surface area contributed by atoms with Crippen LogP contribution in [0.3, 0.4) is 0 Å². The van der Waals surface area contributed by atoms with E-state index in [0.717, 1.165) is 12.1 Å². The number of halogens is 5. The number of hydrogen-bond donors (Lipinski definition) is 2. The number of aromatic nitrogens is 4. The lowest BCUT2D eigenvalue weighted by atomic mass is 10.1. The van der Waals surface area contributed by atoms with Gasteiger partial charge in [0.1, 0.15) is 36.2 Å². The topological polar surface area (TPSA) is 128 Å². The molecule has 1 aliphatic carbocycles. The van der Waals surface area contributed by atoms with Gasteiger partial charge in [0, 0.05) is 17.5 Å². The lowest BCUT2D eigenvalue weighted by Gasteiger charge is -2.27. The summed E-state index contributed by atoms with van der Waals surface area (Å²) in [7, 11) is 0. The fraction of sp³-hybridized carbons (Fsp3) is 0.346. The molecule has 1 aliphatic heterocycles. The number of nitrogens with one attached hydrogen (secondary N) is 1. The molecule has 0 spiro atoms. The van der Waals surface area contributed by atoms with Crippen LogP contribution in [0.4, 0.5) is 33.6 Å². The Balaban J connectivity index is 1.32. The molecule has 214 valence electrons. The number of nitrogen functional groups attached to an aromatic ring is 1. The minimum atomic E-state index is -4.61. The van der Waals surface area contributed by atoms with Crippen molar-refractivity contribution in [3.05, 3.63) is 47.8 Å². The molecule has 4 heterocycles. The Morgan fingerprint density at radius 2 is 1.98 bits per heavy atom. The van der Waals surface area contributed by atoms with Gasteiger partial charge in [0.2, 0.25) is 17.7 Å². The molecule has 3 aromatic heterocycles. The molecule has 1 saturated carbocycles. The summed E-state index contributed by atoms with van der Waals surface area (Å²) < 4.78 is 71.7. The van der Waals surface area contributed by atoms with E-state index in [1.165, 1.54) is 40.9 Å². The third kappa shape index (κ3) is 4.74. The summed E-state index contributed by atoms with van der Waals surface area (Å²) >= 11 is 0. The Kier molecular flexibility index (Phi) is 6.19. The van der Waals surface area contributed by atoms with Crippen molar-refractivity contribution in [3.8, 4) is 5.88 Å². The number of pyridine rings is 1. The summed E-state index contributed by atoms with van der Waals surface area (Å²) in [5.74, 6) is -1.30. The van der Waals surface area contributed by atoms with Gasteiger partial charge >= 0.3 is 12.8 Å². The lowest BCUT2D eigenvalue weighted by molar-refractivity contribution is -0.138.